The highest BCUT2D eigenvalue weighted by Gasteiger charge is 2.41. The molecule has 3 rings (SSSR count). The first kappa shape index (κ1) is 17.1. The monoisotopic (exact) mass is 373 g/mol. The largest absolute Gasteiger partial charge is 0.364 e. The summed E-state index contributed by atoms with van der Waals surface area (Å²) in [6, 6.07) is 4.16. The number of thiophene rings is 1. The predicted octanol–water partition coefficient (Wildman–Crippen LogP) is 1.64. The third-order valence-electron chi connectivity index (χ3n) is 3.73. The van der Waals surface area contributed by atoms with E-state index in [9.17, 15) is 17.6 Å². The normalized spacial score (nSPS) is 21.9. The molecule has 10 heteroatoms. The Balaban J connectivity index is 1.84. The zero-order chi connectivity index (χ0) is 17.3. The molecule has 2 atom stereocenters. The van der Waals surface area contributed by atoms with E-state index in [2.05, 4.69) is 10.5 Å². The first-order chi connectivity index (χ1) is 11.4. The predicted molar refractivity (Wildman–Crippen MR) is 85.7 cm³/mol. The first-order valence-corrected chi connectivity index (χ1v) is 9.54. The van der Waals surface area contributed by atoms with Gasteiger partial charge in [-0.1, -0.05) is 5.16 Å². The van der Waals surface area contributed by atoms with E-state index in [0.717, 1.165) is 15.6 Å². The summed E-state index contributed by atoms with van der Waals surface area (Å²) in [5.41, 5.74) is 0.543. The van der Waals surface area contributed by atoms with Crippen molar-refractivity contribution in [1.29, 1.82) is 0 Å². The van der Waals surface area contributed by atoms with Crippen LogP contribution in [0.2, 0.25) is 0 Å². The highest BCUT2D eigenvalue weighted by Crippen LogP contribution is 2.34. The molecule has 0 unspecified atom stereocenters. The summed E-state index contributed by atoms with van der Waals surface area (Å²) in [4.78, 5) is 11.7. The number of carbonyl (C=O) groups excluding carboxylic acids is 1. The van der Waals surface area contributed by atoms with E-state index < -0.39 is 22.2 Å². The van der Waals surface area contributed by atoms with Crippen molar-refractivity contribution >= 4 is 27.3 Å². The minimum Gasteiger partial charge on any atom is -0.364 e. The smallest absolute Gasteiger partial charge is 0.252 e. The van der Waals surface area contributed by atoms with Crippen LogP contribution in [0.3, 0.4) is 0 Å². The maximum atomic E-state index is 13.8. The van der Waals surface area contributed by atoms with Crippen LogP contribution in [0.5, 0.6) is 0 Å². The molecule has 24 heavy (non-hydrogen) atoms. The summed E-state index contributed by atoms with van der Waals surface area (Å²) < 4.78 is 45.4. The van der Waals surface area contributed by atoms with Crippen LogP contribution >= 0.6 is 11.3 Å². The van der Waals surface area contributed by atoms with E-state index >= 15 is 0 Å². The molecule has 0 bridgehead atoms. The van der Waals surface area contributed by atoms with Gasteiger partial charge in [-0.3, -0.25) is 4.79 Å². The summed E-state index contributed by atoms with van der Waals surface area (Å²) in [5.74, 6) is -0.279. The number of sulfonamides is 1. The molecule has 1 saturated heterocycles. The fourth-order valence-corrected chi connectivity index (χ4v) is 5.68. The Bertz CT molecular complexity index is 819. The Morgan fingerprint density at radius 1 is 1.50 bits per heavy atom. The molecule has 1 aliphatic heterocycles. The van der Waals surface area contributed by atoms with Crippen molar-refractivity contribution < 1.29 is 22.1 Å². The Kier molecular flexibility index (Phi) is 4.70. The number of aromatic nitrogens is 1. The van der Waals surface area contributed by atoms with Crippen molar-refractivity contribution in [2.24, 2.45) is 0 Å². The maximum Gasteiger partial charge on any atom is 0.252 e. The van der Waals surface area contributed by atoms with Gasteiger partial charge in [-0.15, -0.1) is 11.3 Å². The molecule has 2 aromatic heterocycles. The minimum absolute atomic E-state index is 0.0705. The summed E-state index contributed by atoms with van der Waals surface area (Å²) in [6.45, 7) is 1.23. The van der Waals surface area contributed by atoms with Crippen molar-refractivity contribution in [3.8, 4) is 10.6 Å². The summed E-state index contributed by atoms with van der Waals surface area (Å²) in [6.07, 6.45) is 0.232. The van der Waals surface area contributed by atoms with E-state index in [1.807, 2.05) is 0 Å². The number of nitrogens with one attached hydrogen (secondary N) is 1. The molecule has 0 aliphatic carbocycles. The minimum atomic E-state index is -3.84. The second kappa shape index (κ2) is 6.61. The molecule has 0 saturated carbocycles. The van der Waals surface area contributed by atoms with E-state index in [-0.39, 0.29) is 29.6 Å². The second-order valence-corrected chi connectivity index (χ2v) is 8.70. The van der Waals surface area contributed by atoms with Crippen molar-refractivity contribution in [1.82, 2.24) is 14.8 Å². The number of amides is 1. The Morgan fingerprint density at radius 3 is 2.96 bits per heavy atom. The van der Waals surface area contributed by atoms with Gasteiger partial charge in [-0.25, -0.2) is 12.8 Å². The van der Waals surface area contributed by atoms with Gasteiger partial charge in [-0.2, -0.15) is 4.31 Å². The van der Waals surface area contributed by atoms with E-state index in [0.29, 0.717) is 10.6 Å². The average Bonchev–Trinajstić information content (AvgIpc) is 3.24. The molecule has 0 aromatic carbocycles. The van der Waals surface area contributed by atoms with Crippen LogP contribution in [0, 0.1) is 0 Å². The van der Waals surface area contributed by atoms with Gasteiger partial charge in [0.1, 0.15) is 22.3 Å². The van der Waals surface area contributed by atoms with E-state index in [1.165, 1.54) is 19.3 Å². The van der Waals surface area contributed by atoms with Crippen LogP contribution in [-0.4, -0.2) is 49.1 Å². The Morgan fingerprint density at radius 2 is 2.29 bits per heavy atom. The molecule has 0 radical (unpaired) electrons. The van der Waals surface area contributed by atoms with Gasteiger partial charge in [0, 0.05) is 32.1 Å². The molecule has 0 spiro atoms. The molecule has 1 amide bonds. The van der Waals surface area contributed by atoms with Gasteiger partial charge in [0.05, 0.1) is 4.88 Å². The molecular formula is C14H16FN3O4S2. The van der Waals surface area contributed by atoms with Crippen LogP contribution in [0.15, 0.2) is 33.2 Å². The lowest BCUT2D eigenvalue weighted by atomic mass is 10.2. The number of nitrogens with zero attached hydrogens (tertiary/aromatic N) is 2. The Hall–Kier alpha value is -1.78. The first-order valence-electron chi connectivity index (χ1n) is 7.29. The molecule has 2 aromatic rings. The number of carbonyl (C=O) groups is 1. The third-order valence-corrected chi connectivity index (χ3v) is 7.23. The van der Waals surface area contributed by atoms with Gasteiger partial charge in [0.15, 0.2) is 0 Å². The second-order valence-electron chi connectivity index (χ2n) is 5.50. The van der Waals surface area contributed by atoms with Crippen LogP contribution in [0.25, 0.3) is 10.6 Å². The average molecular weight is 373 g/mol. The topological polar surface area (TPSA) is 92.5 Å². The maximum absolute atomic E-state index is 13.8. The molecule has 1 aliphatic rings. The molecular weight excluding hydrogens is 357 g/mol. The van der Waals surface area contributed by atoms with Gasteiger partial charge in [0.25, 0.3) is 10.0 Å². The molecule has 3 heterocycles. The Labute approximate surface area is 142 Å². The van der Waals surface area contributed by atoms with E-state index in [4.69, 9.17) is 4.52 Å². The fourth-order valence-electron chi connectivity index (χ4n) is 2.62. The molecule has 7 nitrogen and oxygen atoms in total. The molecule has 1 fully saturated rings. The number of alkyl halides is 1. The lowest BCUT2D eigenvalue weighted by Gasteiger charge is -2.22. The summed E-state index contributed by atoms with van der Waals surface area (Å²) in [5, 5.41) is 6.33. The zero-order valence-corrected chi connectivity index (χ0v) is 14.4. The summed E-state index contributed by atoms with van der Waals surface area (Å²) in [7, 11) is -3.84. The quantitative estimate of drug-likeness (QED) is 0.860. The van der Waals surface area contributed by atoms with Crippen molar-refractivity contribution in [2.45, 2.75) is 29.8 Å². The SMILES string of the molecule is CC(=O)NC[C@@H]1C[C@H](F)CN1S(=O)(=O)c1ccc(-c2ccon2)s1. The van der Waals surface area contributed by atoms with Gasteiger partial charge in [0.2, 0.25) is 5.91 Å². The van der Waals surface area contributed by atoms with E-state index in [1.54, 1.807) is 12.1 Å². The van der Waals surface area contributed by atoms with Crippen molar-refractivity contribution in [2.75, 3.05) is 13.1 Å². The third kappa shape index (κ3) is 3.35. The number of hydrogen-bond donors (Lipinski definition) is 1. The summed E-state index contributed by atoms with van der Waals surface area (Å²) >= 11 is 1.05. The number of halogens is 1. The van der Waals surface area contributed by atoms with Gasteiger partial charge >= 0.3 is 0 Å². The van der Waals surface area contributed by atoms with Crippen LogP contribution in [-0.2, 0) is 14.8 Å². The van der Waals surface area contributed by atoms with Crippen molar-refractivity contribution in [3.05, 3.63) is 24.5 Å². The lowest BCUT2D eigenvalue weighted by Crippen LogP contribution is -2.42. The van der Waals surface area contributed by atoms with Crippen molar-refractivity contribution in [3.63, 3.8) is 0 Å². The zero-order valence-electron chi connectivity index (χ0n) is 12.8. The molecule has 130 valence electrons. The fraction of sp³-hybridized carbons (Fsp3) is 0.429. The highest BCUT2D eigenvalue weighted by atomic mass is 32.2. The number of rotatable bonds is 5. The van der Waals surface area contributed by atoms with Crippen LogP contribution in [0.4, 0.5) is 4.39 Å². The lowest BCUT2D eigenvalue weighted by molar-refractivity contribution is -0.119. The van der Waals surface area contributed by atoms with Gasteiger partial charge in [-0.05, 0) is 18.6 Å². The highest BCUT2D eigenvalue weighted by molar-refractivity contribution is 7.91. The molecule has 1 N–H and O–H groups in total. The van der Waals surface area contributed by atoms with Gasteiger partial charge < -0.3 is 9.84 Å². The van der Waals surface area contributed by atoms with Crippen LogP contribution < -0.4 is 5.32 Å². The standard InChI is InChI=1S/C14H16FN3O4S2/c1-9(19)16-7-11-6-10(15)8-18(11)24(20,21)14-3-2-13(23-14)12-4-5-22-17-12/h2-5,10-11H,6-8H2,1H3,(H,16,19)/t10-,11-/m0/s1. The number of hydrogen-bond acceptors (Lipinski definition) is 6. The van der Waals surface area contributed by atoms with Crippen LogP contribution in [0.1, 0.15) is 13.3 Å².